The van der Waals surface area contributed by atoms with Gasteiger partial charge in [0, 0.05) is 29.4 Å². The fourth-order valence-corrected chi connectivity index (χ4v) is 5.33. The molecule has 4 aromatic carbocycles. The molecule has 0 unspecified atom stereocenters. The minimum Gasteiger partial charge on any atom is -0.490 e. The van der Waals surface area contributed by atoms with Gasteiger partial charge in [0.25, 0.3) is 0 Å². The molecule has 40 heavy (non-hydrogen) atoms. The number of H-pyrrole nitrogens is 1. The van der Waals surface area contributed by atoms with E-state index in [9.17, 15) is 9.90 Å². The molecule has 1 aliphatic rings. The number of aryl methyl sites for hydroxylation is 1. The van der Waals surface area contributed by atoms with Gasteiger partial charge in [0.1, 0.15) is 30.3 Å². The Labute approximate surface area is 232 Å². The van der Waals surface area contributed by atoms with Crippen LogP contribution in [0.2, 0.25) is 0 Å². The number of aliphatic hydroxyl groups is 1. The predicted octanol–water partition coefficient (Wildman–Crippen LogP) is 5.50. The number of methoxy groups -OCH3 is 1. The highest BCUT2D eigenvalue weighted by Crippen LogP contribution is 2.34. The summed E-state index contributed by atoms with van der Waals surface area (Å²) in [5, 5.41) is 16.1. The molecule has 3 N–H and O–H groups in total. The topological polar surface area (TPSA) is 92.8 Å². The van der Waals surface area contributed by atoms with Gasteiger partial charge >= 0.3 is 5.97 Å². The number of aromatic nitrogens is 1. The lowest BCUT2D eigenvalue weighted by molar-refractivity contribution is 0.0600. The molecule has 0 amide bonds. The Kier molecular flexibility index (Phi) is 7.40. The number of ether oxygens (including phenoxy) is 3. The van der Waals surface area contributed by atoms with Gasteiger partial charge < -0.3 is 29.6 Å². The zero-order chi connectivity index (χ0) is 27.5. The Hall–Kier alpha value is -4.33. The maximum Gasteiger partial charge on any atom is 0.337 e. The first-order valence-corrected chi connectivity index (χ1v) is 13.6. The molecule has 0 saturated carbocycles. The lowest BCUT2D eigenvalue weighted by Gasteiger charge is -2.27. The first-order chi connectivity index (χ1) is 19.6. The Morgan fingerprint density at radius 1 is 1.02 bits per heavy atom. The first kappa shape index (κ1) is 25.9. The van der Waals surface area contributed by atoms with Crippen molar-refractivity contribution in [1.29, 1.82) is 0 Å². The maximum absolute atomic E-state index is 11.7. The van der Waals surface area contributed by atoms with Crippen LogP contribution in [0.4, 0.5) is 0 Å². The van der Waals surface area contributed by atoms with Gasteiger partial charge in [-0.05, 0) is 72.0 Å². The van der Waals surface area contributed by atoms with E-state index in [0.717, 1.165) is 57.3 Å². The molecule has 0 fully saturated rings. The summed E-state index contributed by atoms with van der Waals surface area (Å²) in [5.41, 5.74) is 5.91. The van der Waals surface area contributed by atoms with Gasteiger partial charge in [-0.3, -0.25) is 0 Å². The molecule has 2 heterocycles. The second kappa shape index (κ2) is 11.4. The van der Waals surface area contributed by atoms with E-state index in [0.29, 0.717) is 18.7 Å². The summed E-state index contributed by atoms with van der Waals surface area (Å²) < 4.78 is 17.1. The summed E-state index contributed by atoms with van der Waals surface area (Å²) in [7, 11) is 1.38. The summed E-state index contributed by atoms with van der Waals surface area (Å²) in [6, 6.07) is 27.7. The van der Waals surface area contributed by atoms with Crippen LogP contribution >= 0.6 is 0 Å². The van der Waals surface area contributed by atoms with E-state index < -0.39 is 6.10 Å². The van der Waals surface area contributed by atoms with Crippen LogP contribution in [0.1, 0.15) is 22.3 Å². The number of carbonyl (C=O) groups is 1. The smallest absolute Gasteiger partial charge is 0.337 e. The van der Waals surface area contributed by atoms with Crippen LogP contribution in [-0.2, 0) is 11.2 Å². The molecule has 1 aromatic heterocycles. The standard InChI is InChI=1S/C33H32N2O5/c1-38-33(37)22-11-9-21(10-12-22)23-14-16-30-24(17-23)13-15-26(40-30)19-34-18-25(36)20-39-31-8-4-7-29-32(31)27-5-2-3-6-28(27)35-29/h2-12,14,16-17,25-26,34-36H,13,15,18-20H2,1H3/t25-,26+/m0/s1. The molecule has 0 spiro atoms. The highest BCUT2D eigenvalue weighted by Gasteiger charge is 2.21. The number of aliphatic hydroxyl groups excluding tert-OH is 1. The van der Waals surface area contributed by atoms with Crippen LogP contribution in [0.25, 0.3) is 32.9 Å². The molecule has 0 aliphatic carbocycles. The quantitative estimate of drug-likeness (QED) is 0.216. The molecule has 6 rings (SSSR count). The minimum atomic E-state index is -0.649. The number of hydrogen-bond donors (Lipinski definition) is 3. The third-order valence-electron chi connectivity index (χ3n) is 7.40. The van der Waals surface area contributed by atoms with Crippen molar-refractivity contribution in [3.8, 4) is 22.6 Å². The van der Waals surface area contributed by atoms with Crippen LogP contribution in [0, 0.1) is 0 Å². The van der Waals surface area contributed by atoms with Crippen molar-refractivity contribution in [2.45, 2.75) is 25.0 Å². The molecule has 1 aliphatic heterocycles. The Bertz CT molecular complexity index is 1640. The highest BCUT2D eigenvalue weighted by molar-refractivity contribution is 6.10. The van der Waals surface area contributed by atoms with Crippen molar-refractivity contribution < 1.29 is 24.1 Å². The van der Waals surface area contributed by atoms with E-state index >= 15 is 0 Å². The highest BCUT2D eigenvalue weighted by atomic mass is 16.5. The summed E-state index contributed by atoms with van der Waals surface area (Å²) >= 11 is 0. The van der Waals surface area contributed by atoms with Crippen LogP contribution in [0.5, 0.6) is 11.5 Å². The summed E-state index contributed by atoms with van der Waals surface area (Å²) in [4.78, 5) is 15.1. The van der Waals surface area contributed by atoms with Crippen molar-refractivity contribution >= 4 is 27.8 Å². The molecule has 0 radical (unpaired) electrons. The summed E-state index contributed by atoms with van der Waals surface area (Å²) in [6.45, 7) is 1.26. The van der Waals surface area contributed by atoms with Gasteiger partial charge in [-0.15, -0.1) is 0 Å². The van der Waals surface area contributed by atoms with Gasteiger partial charge in [-0.1, -0.05) is 42.5 Å². The van der Waals surface area contributed by atoms with Gasteiger partial charge in [0.05, 0.1) is 18.2 Å². The number of para-hydroxylation sites is 1. The Morgan fingerprint density at radius 3 is 2.67 bits per heavy atom. The molecule has 204 valence electrons. The van der Waals surface area contributed by atoms with Gasteiger partial charge in [0.2, 0.25) is 0 Å². The van der Waals surface area contributed by atoms with Crippen LogP contribution in [0.15, 0.2) is 84.9 Å². The summed E-state index contributed by atoms with van der Waals surface area (Å²) in [5.74, 6) is 1.32. The zero-order valence-corrected chi connectivity index (χ0v) is 22.4. The number of nitrogens with one attached hydrogen (secondary N) is 2. The van der Waals surface area contributed by atoms with Crippen LogP contribution in [0.3, 0.4) is 0 Å². The second-order valence-electron chi connectivity index (χ2n) is 10.1. The Balaban J connectivity index is 1.00. The van der Waals surface area contributed by atoms with Crippen molar-refractivity contribution in [1.82, 2.24) is 10.3 Å². The zero-order valence-electron chi connectivity index (χ0n) is 22.4. The van der Waals surface area contributed by atoms with Gasteiger partial charge in [0.15, 0.2) is 0 Å². The van der Waals surface area contributed by atoms with Crippen LogP contribution < -0.4 is 14.8 Å². The SMILES string of the molecule is COC(=O)c1ccc(-c2ccc3c(c2)CC[C@H](CNC[C@H](O)COc2cccc4[nH]c5ccccc5c24)O3)cc1. The number of rotatable bonds is 9. The van der Waals surface area contributed by atoms with E-state index in [-0.39, 0.29) is 18.7 Å². The van der Waals surface area contributed by atoms with Crippen molar-refractivity contribution in [2.24, 2.45) is 0 Å². The average molecular weight is 537 g/mol. The van der Waals surface area contributed by atoms with E-state index in [1.807, 2.05) is 54.6 Å². The Morgan fingerprint density at radius 2 is 1.82 bits per heavy atom. The van der Waals surface area contributed by atoms with E-state index in [1.54, 1.807) is 12.1 Å². The largest absolute Gasteiger partial charge is 0.490 e. The number of esters is 1. The predicted molar refractivity (Wildman–Crippen MR) is 156 cm³/mol. The molecule has 7 nitrogen and oxygen atoms in total. The van der Waals surface area contributed by atoms with E-state index in [1.165, 1.54) is 12.7 Å². The fourth-order valence-electron chi connectivity index (χ4n) is 5.33. The molecule has 2 atom stereocenters. The maximum atomic E-state index is 11.7. The average Bonchev–Trinajstić information content (AvgIpc) is 3.39. The number of hydrogen-bond acceptors (Lipinski definition) is 6. The fraction of sp³-hybridized carbons (Fsp3) is 0.242. The normalized spacial score (nSPS) is 15.4. The number of aromatic amines is 1. The van der Waals surface area contributed by atoms with Crippen LogP contribution in [-0.4, -0.2) is 55.1 Å². The number of carbonyl (C=O) groups excluding carboxylic acids is 1. The van der Waals surface area contributed by atoms with Gasteiger partial charge in [-0.2, -0.15) is 0 Å². The monoisotopic (exact) mass is 536 g/mol. The second-order valence-corrected chi connectivity index (χ2v) is 10.1. The first-order valence-electron chi connectivity index (χ1n) is 13.6. The van der Waals surface area contributed by atoms with E-state index in [2.05, 4.69) is 28.5 Å². The van der Waals surface area contributed by atoms with E-state index in [4.69, 9.17) is 14.2 Å². The molecular weight excluding hydrogens is 504 g/mol. The third kappa shape index (κ3) is 5.39. The molecular formula is C33H32N2O5. The van der Waals surface area contributed by atoms with Crippen molar-refractivity contribution in [3.05, 3.63) is 96.1 Å². The molecule has 0 saturated heterocycles. The van der Waals surface area contributed by atoms with Gasteiger partial charge in [-0.25, -0.2) is 4.79 Å². The number of benzene rings is 4. The molecule has 0 bridgehead atoms. The van der Waals surface area contributed by atoms with Crippen molar-refractivity contribution in [2.75, 3.05) is 26.8 Å². The molecule has 5 aromatic rings. The summed E-state index contributed by atoms with van der Waals surface area (Å²) in [6.07, 6.45) is 1.19. The number of fused-ring (bicyclic) bond motifs is 4. The molecule has 7 heteroatoms. The lowest BCUT2D eigenvalue weighted by Crippen LogP contribution is -2.39. The lowest BCUT2D eigenvalue weighted by atomic mass is 9.96. The van der Waals surface area contributed by atoms with Crippen molar-refractivity contribution in [3.63, 3.8) is 0 Å². The minimum absolute atomic E-state index is 0.0331. The third-order valence-corrected chi connectivity index (χ3v) is 7.40.